The highest BCUT2D eigenvalue weighted by molar-refractivity contribution is 5.22. The van der Waals surface area contributed by atoms with Crippen molar-refractivity contribution in [2.45, 2.75) is 62.5 Å². The van der Waals surface area contributed by atoms with Gasteiger partial charge in [-0.1, -0.05) is 49.6 Å². The topological polar surface area (TPSA) is 32.3 Å². The Kier molecular flexibility index (Phi) is 3.90. The van der Waals surface area contributed by atoms with E-state index in [1.807, 2.05) is 0 Å². The average Bonchev–Trinajstić information content (AvgIpc) is 2.39. The lowest BCUT2D eigenvalue weighted by Gasteiger charge is -2.40. The number of nitrogens with one attached hydrogen (secondary N) is 1. The summed E-state index contributed by atoms with van der Waals surface area (Å²) in [5.41, 5.74) is 1.05. The zero-order valence-electron chi connectivity index (χ0n) is 11.6. The summed E-state index contributed by atoms with van der Waals surface area (Å²) in [5, 5.41) is 14.0. The zero-order valence-corrected chi connectivity index (χ0v) is 11.6. The summed E-state index contributed by atoms with van der Waals surface area (Å²) < 4.78 is 0. The van der Waals surface area contributed by atoms with Crippen molar-refractivity contribution >= 4 is 0 Å². The number of hydrogen-bond donors (Lipinski definition) is 2. The normalized spacial score (nSPS) is 29.7. The molecule has 2 nitrogen and oxygen atoms in total. The molecule has 0 heterocycles. The van der Waals surface area contributed by atoms with Gasteiger partial charge in [-0.05, 0) is 37.2 Å². The van der Waals surface area contributed by atoms with Gasteiger partial charge >= 0.3 is 0 Å². The minimum Gasteiger partial charge on any atom is -0.389 e. The second kappa shape index (κ2) is 5.64. The van der Waals surface area contributed by atoms with Crippen LogP contribution in [-0.2, 0) is 0 Å². The molecule has 1 aromatic carbocycles. The minimum atomic E-state index is -0.421. The smallest absolute Gasteiger partial charge is 0.0771 e. The van der Waals surface area contributed by atoms with Crippen molar-refractivity contribution in [3.8, 4) is 0 Å². The lowest BCUT2D eigenvalue weighted by Crippen LogP contribution is -2.49. The molecular weight excluding hydrogens is 234 g/mol. The molecule has 2 N–H and O–H groups in total. The lowest BCUT2D eigenvalue weighted by molar-refractivity contribution is -0.000285. The molecule has 2 fully saturated rings. The first-order valence-corrected chi connectivity index (χ1v) is 7.76. The number of aliphatic hydroxyl groups is 1. The standard InChI is InChI=1S/C17H25NO/c19-17(9-5-2-6-10-17)13-18-16-11-15(12-16)14-7-3-1-4-8-14/h1,3-4,7-8,15-16,18-19H,2,5-6,9-13H2. The van der Waals surface area contributed by atoms with Crippen LogP contribution in [0.3, 0.4) is 0 Å². The molecule has 0 amide bonds. The van der Waals surface area contributed by atoms with Crippen LogP contribution in [0.5, 0.6) is 0 Å². The third-order valence-corrected chi connectivity index (χ3v) is 4.91. The Hall–Kier alpha value is -0.860. The Labute approximate surface area is 116 Å². The van der Waals surface area contributed by atoms with Crippen molar-refractivity contribution < 1.29 is 5.11 Å². The van der Waals surface area contributed by atoms with E-state index in [1.54, 1.807) is 0 Å². The van der Waals surface area contributed by atoms with E-state index in [-0.39, 0.29) is 0 Å². The van der Waals surface area contributed by atoms with Crippen molar-refractivity contribution in [3.63, 3.8) is 0 Å². The van der Waals surface area contributed by atoms with Crippen LogP contribution in [0.2, 0.25) is 0 Å². The average molecular weight is 259 g/mol. The second-order valence-electron chi connectivity index (χ2n) is 6.44. The van der Waals surface area contributed by atoms with Crippen LogP contribution in [0, 0.1) is 0 Å². The third kappa shape index (κ3) is 3.18. The molecule has 0 bridgehead atoms. The fourth-order valence-corrected chi connectivity index (χ4v) is 3.50. The Morgan fingerprint density at radius 2 is 1.74 bits per heavy atom. The first kappa shape index (κ1) is 13.1. The molecule has 2 saturated carbocycles. The SMILES string of the molecule is OC1(CNC2CC(c3ccccc3)C2)CCCCC1. The Bertz CT molecular complexity index is 391. The second-order valence-corrected chi connectivity index (χ2v) is 6.44. The fraction of sp³-hybridized carbons (Fsp3) is 0.647. The van der Waals surface area contributed by atoms with Crippen molar-refractivity contribution in [1.82, 2.24) is 5.32 Å². The van der Waals surface area contributed by atoms with Gasteiger partial charge in [-0.25, -0.2) is 0 Å². The molecule has 3 rings (SSSR count). The summed E-state index contributed by atoms with van der Waals surface area (Å²) in [6.07, 6.45) is 8.08. The first-order chi connectivity index (χ1) is 9.25. The van der Waals surface area contributed by atoms with E-state index in [0.717, 1.165) is 25.3 Å². The van der Waals surface area contributed by atoms with E-state index in [4.69, 9.17) is 0 Å². The molecule has 0 radical (unpaired) electrons. The van der Waals surface area contributed by atoms with Gasteiger partial charge in [-0.2, -0.15) is 0 Å². The van der Waals surface area contributed by atoms with Crippen molar-refractivity contribution in [3.05, 3.63) is 35.9 Å². The molecule has 2 aliphatic rings. The maximum absolute atomic E-state index is 10.5. The van der Waals surface area contributed by atoms with Crippen LogP contribution in [0.25, 0.3) is 0 Å². The number of rotatable bonds is 4. The van der Waals surface area contributed by atoms with Crippen molar-refractivity contribution in [2.24, 2.45) is 0 Å². The minimum absolute atomic E-state index is 0.421. The van der Waals surface area contributed by atoms with Gasteiger partial charge in [0, 0.05) is 12.6 Å². The van der Waals surface area contributed by atoms with Gasteiger partial charge in [-0.15, -0.1) is 0 Å². The van der Waals surface area contributed by atoms with E-state index in [1.165, 1.54) is 37.7 Å². The van der Waals surface area contributed by atoms with Crippen molar-refractivity contribution in [1.29, 1.82) is 0 Å². The van der Waals surface area contributed by atoms with Crippen LogP contribution >= 0.6 is 0 Å². The molecule has 0 aliphatic heterocycles. The monoisotopic (exact) mass is 259 g/mol. The molecule has 0 spiro atoms. The highest BCUT2D eigenvalue weighted by Crippen LogP contribution is 2.37. The van der Waals surface area contributed by atoms with Gasteiger partial charge in [0.2, 0.25) is 0 Å². The predicted molar refractivity (Wildman–Crippen MR) is 78.2 cm³/mol. The van der Waals surface area contributed by atoms with Gasteiger partial charge in [0.15, 0.2) is 0 Å². The summed E-state index contributed by atoms with van der Waals surface area (Å²) in [5.74, 6) is 0.722. The Balaban J connectivity index is 1.42. The summed E-state index contributed by atoms with van der Waals surface area (Å²) >= 11 is 0. The molecule has 104 valence electrons. The van der Waals surface area contributed by atoms with Crippen LogP contribution in [0.4, 0.5) is 0 Å². The molecule has 2 heteroatoms. The maximum atomic E-state index is 10.5. The van der Waals surface area contributed by atoms with Gasteiger partial charge in [0.05, 0.1) is 5.60 Å². The highest BCUT2D eigenvalue weighted by atomic mass is 16.3. The lowest BCUT2D eigenvalue weighted by atomic mass is 9.75. The maximum Gasteiger partial charge on any atom is 0.0771 e. The third-order valence-electron chi connectivity index (χ3n) is 4.91. The highest BCUT2D eigenvalue weighted by Gasteiger charge is 2.34. The van der Waals surface area contributed by atoms with Crippen molar-refractivity contribution in [2.75, 3.05) is 6.54 Å². The Morgan fingerprint density at radius 3 is 2.42 bits per heavy atom. The van der Waals surface area contributed by atoms with E-state index < -0.39 is 5.60 Å². The summed E-state index contributed by atoms with van der Waals surface area (Å²) in [7, 11) is 0. The molecule has 0 unspecified atom stereocenters. The molecule has 1 aromatic rings. The van der Waals surface area contributed by atoms with E-state index in [0.29, 0.717) is 6.04 Å². The summed E-state index contributed by atoms with van der Waals surface area (Å²) in [6, 6.07) is 11.4. The zero-order chi connectivity index (χ0) is 13.1. The van der Waals surface area contributed by atoms with Gasteiger partial charge in [0.25, 0.3) is 0 Å². The summed E-state index contributed by atoms with van der Waals surface area (Å²) in [4.78, 5) is 0. The van der Waals surface area contributed by atoms with Gasteiger partial charge in [-0.3, -0.25) is 0 Å². The molecule has 0 saturated heterocycles. The van der Waals surface area contributed by atoms with E-state index >= 15 is 0 Å². The molecule has 0 atom stereocenters. The molecule has 2 aliphatic carbocycles. The fourth-order valence-electron chi connectivity index (χ4n) is 3.50. The summed E-state index contributed by atoms with van der Waals surface area (Å²) in [6.45, 7) is 0.791. The van der Waals surface area contributed by atoms with Crippen LogP contribution < -0.4 is 5.32 Å². The van der Waals surface area contributed by atoms with Gasteiger partial charge < -0.3 is 10.4 Å². The van der Waals surface area contributed by atoms with Crippen LogP contribution in [0.15, 0.2) is 30.3 Å². The Morgan fingerprint density at radius 1 is 1.05 bits per heavy atom. The largest absolute Gasteiger partial charge is 0.389 e. The first-order valence-electron chi connectivity index (χ1n) is 7.76. The molecule has 19 heavy (non-hydrogen) atoms. The van der Waals surface area contributed by atoms with E-state index in [9.17, 15) is 5.11 Å². The quantitative estimate of drug-likeness (QED) is 0.870. The molecular formula is C17H25NO. The number of benzene rings is 1. The predicted octanol–water partition coefficient (Wildman–Crippen LogP) is 3.22. The van der Waals surface area contributed by atoms with E-state index in [2.05, 4.69) is 35.6 Å². The molecule has 0 aromatic heterocycles. The number of hydrogen-bond acceptors (Lipinski definition) is 2. The van der Waals surface area contributed by atoms with Gasteiger partial charge in [0.1, 0.15) is 0 Å². The van der Waals surface area contributed by atoms with Crippen LogP contribution in [-0.4, -0.2) is 23.3 Å². The van der Waals surface area contributed by atoms with Crippen LogP contribution in [0.1, 0.15) is 56.4 Å².